The van der Waals surface area contributed by atoms with E-state index in [9.17, 15) is 19.2 Å². The first-order valence-electron chi connectivity index (χ1n) is 12.7. The van der Waals surface area contributed by atoms with Gasteiger partial charge >= 0.3 is 5.69 Å². The number of fused-ring (bicyclic) bond motifs is 1. The second-order valence-corrected chi connectivity index (χ2v) is 10.2. The van der Waals surface area contributed by atoms with Crippen LogP contribution in [0.25, 0.3) is 10.9 Å². The second-order valence-electron chi connectivity index (χ2n) is 9.31. The summed E-state index contributed by atoms with van der Waals surface area (Å²) in [6.07, 6.45) is 0. The van der Waals surface area contributed by atoms with Gasteiger partial charge in [-0.25, -0.2) is 9.78 Å². The van der Waals surface area contributed by atoms with Crippen LogP contribution in [0.1, 0.15) is 21.5 Å². The lowest BCUT2D eigenvalue weighted by Gasteiger charge is -2.16. The van der Waals surface area contributed by atoms with Gasteiger partial charge in [0.1, 0.15) is 17.1 Å². The Balaban J connectivity index is 1.52. The van der Waals surface area contributed by atoms with Crippen molar-refractivity contribution in [2.24, 2.45) is 7.05 Å². The number of carbonyl (C=O) groups is 1. The minimum Gasteiger partial charge on any atom is -0.496 e. The molecule has 0 saturated heterocycles. The molecule has 5 rings (SSSR count). The zero-order chi connectivity index (χ0) is 29.1. The number of ether oxygens (including phenoxy) is 1. The maximum Gasteiger partial charge on any atom is 0.332 e. The molecule has 208 valence electrons. The molecule has 2 N–H and O–H groups in total. The summed E-state index contributed by atoms with van der Waals surface area (Å²) in [5.41, 5.74) is 6.34. The molecule has 0 bridgehead atoms. The molecule has 0 aliphatic rings. The number of hydrogen-bond donors (Lipinski definition) is 1. The lowest BCUT2D eigenvalue weighted by molar-refractivity contribution is 0.102. The molecule has 41 heavy (non-hydrogen) atoms. The molecule has 0 spiro atoms. The van der Waals surface area contributed by atoms with E-state index in [0.29, 0.717) is 21.8 Å². The first-order valence-corrected chi connectivity index (χ1v) is 13.7. The highest BCUT2D eigenvalue weighted by Gasteiger charge is 2.23. The van der Waals surface area contributed by atoms with Crippen LogP contribution < -0.4 is 27.3 Å². The molecule has 0 aliphatic carbocycles. The van der Waals surface area contributed by atoms with Crippen molar-refractivity contribution in [1.29, 1.82) is 0 Å². The van der Waals surface area contributed by atoms with Gasteiger partial charge in [-0.3, -0.25) is 28.1 Å². The molecule has 11 heteroatoms. The zero-order valence-electron chi connectivity index (χ0n) is 22.4. The molecule has 0 aliphatic heterocycles. The molecule has 0 unspecified atom stereocenters. The van der Waals surface area contributed by atoms with E-state index in [0.717, 1.165) is 27.5 Å². The molecule has 0 fully saturated rings. The van der Waals surface area contributed by atoms with Gasteiger partial charge in [-0.2, -0.15) is 0 Å². The fourth-order valence-electron chi connectivity index (χ4n) is 4.57. The Kier molecular flexibility index (Phi) is 7.88. The molecular weight excluding hydrogens is 542 g/mol. The van der Waals surface area contributed by atoms with Crippen molar-refractivity contribution in [3.05, 3.63) is 127 Å². The van der Waals surface area contributed by atoms with Crippen molar-refractivity contribution in [3.8, 4) is 5.75 Å². The summed E-state index contributed by atoms with van der Waals surface area (Å²) in [6, 6.07) is 23.4. The fraction of sp³-hybridized carbons (Fsp3) is 0.167. The first kappa shape index (κ1) is 27.7. The zero-order valence-corrected chi connectivity index (χ0v) is 23.3. The van der Waals surface area contributed by atoms with E-state index in [1.165, 1.54) is 16.2 Å². The van der Waals surface area contributed by atoms with E-state index in [1.807, 2.05) is 48.5 Å². The quantitative estimate of drug-likeness (QED) is 0.163. The van der Waals surface area contributed by atoms with Crippen LogP contribution in [-0.2, 0) is 20.1 Å². The number of methoxy groups -OCH3 is 1. The fourth-order valence-corrected chi connectivity index (χ4v) is 5.44. The number of rotatable bonds is 9. The number of hydrogen-bond acceptors (Lipinski definition) is 8. The average Bonchev–Trinajstić information content (AvgIpc) is 2.99. The van der Waals surface area contributed by atoms with Crippen molar-refractivity contribution >= 4 is 34.3 Å². The molecule has 3 aromatic carbocycles. The van der Waals surface area contributed by atoms with Crippen LogP contribution in [0.4, 0.5) is 5.82 Å². The number of para-hydroxylation sites is 2. The highest BCUT2D eigenvalue weighted by atomic mass is 32.2. The summed E-state index contributed by atoms with van der Waals surface area (Å²) in [4.78, 5) is 57.6. The number of benzene rings is 3. The van der Waals surface area contributed by atoms with Crippen molar-refractivity contribution in [3.63, 3.8) is 0 Å². The lowest BCUT2D eigenvalue weighted by atomic mass is 10.2. The minimum atomic E-state index is -0.778. The minimum absolute atomic E-state index is 0.0950. The van der Waals surface area contributed by atoms with Gasteiger partial charge in [0.25, 0.3) is 11.1 Å². The summed E-state index contributed by atoms with van der Waals surface area (Å²) in [5.74, 6) is -0.414. The monoisotopic (exact) mass is 569 g/mol. The van der Waals surface area contributed by atoms with Crippen LogP contribution in [0.3, 0.4) is 0 Å². The van der Waals surface area contributed by atoms with Gasteiger partial charge in [0, 0.05) is 12.6 Å². The number of Topliss-reactive ketones (excluding diaryl/α,β-unsaturated/α-hetero) is 1. The Morgan fingerprint density at radius 1 is 0.878 bits per heavy atom. The SMILES string of the molecule is COc1ccccc1Cn1c(SCC(=O)c2c(N)n(Cc3ccccc3)c(=O)n(C)c2=O)nc2ccccc2c1=O. The highest BCUT2D eigenvalue weighted by Crippen LogP contribution is 2.24. The van der Waals surface area contributed by atoms with Crippen LogP contribution in [0.5, 0.6) is 5.75 Å². The molecular formula is C30H27N5O5S. The van der Waals surface area contributed by atoms with Crippen LogP contribution >= 0.6 is 11.8 Å². The van der Waals surface area contributed by atoms with Crippen molar-refractivity contribution in [2.75, 3.05) is 18.6 Å². The Labute approximate surface area is 238 Å². The van der Waals surface area contributed by atoms with Gasteiger partial charge in [-0.05, 0) is 23.8 Å². The third kappa shape index (κ3) is 5.44. The van der Waals surface area contributed by atoms with Gasteiger partial charge in [0.2, 0.25) is 0 Å². The number of carbonyl (C=O) groups excluding carboxylic acids is 1. The van der Waals surface area contributed by atoms with Gasteiger partial charge < -0.3 is 10.5 Å². The van der Waals surface area contributed by atoms with Crippen LogP contribution in [0, 0.1) is 0 Å². The van der Waals surface area contributed by atoms with Crippen molar-refractivity contribution in [1.82, 2.24) is 18.7 Å². The maximum absolute atomic E-state index is 13.5. The van der Waals surface area contributed by atoms with Gasteiger partial charge in [-0.1, -0.05) is 72.4 Å². The average molecular weight is 570 g/mol. The molecule has 10 nitrogen and oxygen atoms in total. The Bertz CT molecular complexity index is 1950. The van der Waals surface area contributed by atoms with Crippen LogP contribution in [0.15, 0.2) is 98.4 Å². The Morgan fingerprint density at radius 3 is 2.32 bits per heavy atom. The molecule has 0 atom stereocenters. The predicted octanol–water partition coefficient (Wildman–Crippen LogP) is 2.92. The number of nitrogen functional groups attached to an aromatic ring is 1. The smallest absolute Gasteiger partial charge is 0.332 e. The van der Waals surface area contributed by atoms with Gasteiger partial charge in [-0.15, -0.1) is 0 Å². The summed E-state index contributed by atoms with van der Waals surface area (Å²) >= 11 is 1.02. The Hall–Kier alpha value is -4.90. The number of anilines is 1. The number of ketones is 1. The van der Waals surface area contributed by atoms with E-state index >= 15 is 0 Å². The summed E-state index contributed by atoms with van der Waals surface area (Å²) in [7, 11) is 2.86. The summed E-state index contributed by atoms with van der Waals surface area (Å²) in [5, 5.41) is 0.727. The van der Waals surface area contributed by atoms with Gasteiger partial charge in [0.05, 0.1) is 36.9 Å². The molecule has 2 aromatic heterocycles. The third-order valence-corrected chi connectivity index (χ3v) is 7.70. The molecule has 0 saturated carbocycles. The molecule has 2 heterocycles. The molecule has 5 aromatic rings. The first-order chi connectivity index (χ1) is 19.8. The standard InChI is InChI=1S/C30H27N5O5S/c1-33-28(38)25(26(31)34(30(33)39)16-19-10-4-3-5-11-19)23(36)18-41-29-32-22-14-8-7-13-21(22)27(37)35(29)17-20-12-6-9-15-24(20)40-2/h3-15H,16-18,31H2,1-2H3. The summed E-state index contributed by atoms with van der Waals surface area (Å²) in [6.45, 7) is 0.251. The Morgan fingerprint density at radius 2 is 1.56 bits per heavy atom. The maximum atomic E-state index is 13.5. The molecule has 0 radical (unpaired) electrons. The topological polar surface area (TPSA) is 131 Å². The number of nitrogens with two attached hydrogens (primary N) is 1. The highest BCUT2D eigenvalue weighted by molar-refractivity contribution is 7.99. The van der Waals surface area contributed by atoms with E-state index in [-0.39, 0.29) is 35.8 Å². The largest absolute Gasteiger partial charge is 0.496 e. The van der Waals surface area contributed by atoms with E-state index in [1.54, 1.807) is 37.4 Å². The van der Waals surface area contributed by atoms with E-state index < -0.39 is 17.0 Å². The van der Waals surface area contributed by atoms with Crippen molar-refractivity contribution in [2.45, 2.75) is 18.2 Å². The lowest BCUT2D eigenvalue weighted by Crippen LogP contribution is -2.43. The predicted molar refractivity (Wildman–Crippen MR) is 159 cm³/mol. The molecule has 0 amide bonds. The van der Waals surface area contributed by atoms with Crippen molar-refractivity contribution < 1.29 is 9.53 Å². The number of thioether (sulfide) groups is 1. The summed E-state index contributed by atoms with van der Waals surface area (Å²) < 4.78 is 9.04. The van der Waals surface area contributed by atoms with E-state index in [4.69, 9.17) is 10.5 Å². The number of nitrogens with zero attached hydrogens (tertiary/aromatic N) is 4. The van der Waals surface area contributed by atoms with Gasteiger partial charge in [0.15, 0.2) is 10.9 Å². The van der Waals surface area contributed by atoms with Crippen LogP contribution in [-0.4, -0.2) is 37.3 Å². The second kappa shape index (κ2) is 11.7. The normalized spacial score (nSPS) is 11.1. The number of aromatic nitrogens is 4. The van der Waals surface area contributed by atoms with E-state index in [2.05, 4.69) is 4.98 Å². The third-order valence-electron chi connectivity index (χ3n) is 6.73. The van der Waals surface area contributed by atoms with Crippen LogP contribution in [0.2, 0.25) is 0 Å².